The van der Waals surface area contributed by atoms with Crippen LogP contribution in [0.2, 0.25) is 5.28 Å². The van der Waals surface area contributed by atoms with Gasteiger partial charge in [-0.25, -0.2) is 9.97 Å². The molecular formula is C11H12ClF3N4O. The van der Waals surface area contributed by atoms with Crippen molar-refractivity contribution in [2.75, 3.05) is 11.9 Å². The predicted octanol–water partition coefficient (Wildman–Crippen LogP) is 2.23. The number of nitrogens with one attached hydrogen (secondary N) is 2. The first-order chi connectivity index (χ1) is 9.34. The molecule has 0 atom stereocenters. The standard InChI is InChI=1S/C11H12ClF3N4O/c12-10-18-7(11(13,14)15)5-8(19-10)16-4-3-9(20)17-6-1-2-6/h5-6H,1-4H2,(H,17,20)(H,16,18,19). The number of nitrogens with zero attached hydrogens (tertiary/aromatic N) is 2. The smallest absolute Gasteiger partial charge is 0.369 e. The molecule has 1 aliphatic carbocycles. The van der Waals surface area contributed by atoms with E-state index in [9.17, 15) is 18.0 Å². The minimum atomic E-state index is -4.59. The molecule has 0 bridgehead atoms. The maximum absolute atomic E-state index is 12.5. The average Bonchev–Trinajstić information content (AvgIpc) is 3.11. The topological polar surface area (TPSA) is 66.9 Å². The highest BCUT2D eigenvalue weighted by Crippen LogP contribution is 2.29. The number of halogens is 4. The van der Waals surface area contributed by atoms with E-state index in [2.05, 4.69) is 20.6 Å². The van der Waals surface area contributed by atoms with E-state index in [1.165, 1.54) is 0 Å². The van der Waals surface area contributed by atoms with Crippen LogP contribution < -0.4 is 10.6 Å². The number of hydrogen-bond donors (Lipinski definition) is 2. The summed E-state index contributed by atoms with van der Waals surface area (Å²) < 4.78 is 37.5. The van der Waals surface area contributed by atoms with E-state index in [0.717, 1.165) is 18.9 Å². The van der Waals surface area contributed by atoms with E-state index in [4.69, 9.17) is 11.6 Å². The van der Waals surface area contributed by atoms with Gasteiger partial charge < -0.3 is 10.6 Å². The summed E-state index contributed by atoms with van der Waals surface area (Å²) >= 11 is 5.43. The molecule has 2 N–H and O–H groups in total. The summed E-state index contributed by atoms with van der Waals surface area (Å²) in [5, 5.41) is 4.90. The lowest BCUT2D eigenvalue weighted by molar-refractivity contribution is -0.141. The molecule has 1 heterocycles. The van der Waals surface area contributed by atoms with Crippen molar-refractivity contribution in [3.05, 3.63) is 17.0 Å². The Bertz CT molecular complexity index is 505. The van der Waals surface area contributed by atoms with Gasteiger partial charge in [-0.2, -0.15) is 13.2 Å². The van der Waals surface area contributed by atoms with Gasteiger partial charge >= 0.3 is 6.18 Å². The summed E-state index contributed by atoms with van der Waals surface area (Å²) in [7, 11) is 0. The van der Waals surface area contributed by atoms with Crippen LogP contribution in [0.15, 0.2) is 6.07 Å². The first-order valence-electron chi connectivity index (χ1n) is 5.99. The fourth-order valence-electron chi connectivity index (χ4n) is 1.49. The Morgan fingerprint density at radius 3 is 2.70 bits per heavy atom. The van der Waals surface area contributed by atoms with Crippen molar-refractivity contribution < 1.29 is 18.0 Å². The van der Waals surface area contributed by atoms with Crippen molar-refractivity contribution in [3.63, 3.8) is 0 Å². The van der Waals surface area contributed by atoms with Crippen molar-refractivity contribution in [1.29, 1.82) is 0 Å². The highest BCUT2D eigenvalue weighted by atomic mass is 35.5. The number of anilines is 1. The highest BCUT2D eigenvalue weighted by molar-refractivity contribution is 6.28. The number of amides is 1. The van der Waals surface area contributed by atoms with E-state index in [0.29, 0.717) is 0 Å². The summed E-state index contributed by atoms with van der Waals surface area (Å²) in [5.41, 5.74) is -1.12. The number of carbonyl (C=O) groups excluding carboxylic acids is 1. The first kappa shape index (κ1) is 14.8. The number of rotatable bonds is 5. The van der Waals surface area contributed by atoms with Gasteiger partial charge in [-0.3, -0.25) is 4.79 Å². The van der Waals surface area contributed by atoms with Gasteiger partial charge in [-0.05, 0) is 24.4 Å². The molecule has 9 heteroatoms. The number of hydrogen-bond acceptors (Lipinski definition) is 4. The Balaban J connectivity index is 1.88. The molecule has 0 saturated heterocycles. The minimum absolute atomic E-state index is 0.0588. The average molecular weight is 309 g/mol. The van der Waals surface area contributed by atoms with Gasteiger partial charge in [0.25, 0.3) is 0 Å². The largest absolute Gasteiger partial charge is 0.433 e. The molecule has 0 unspecified atom stereocenters. The van der Waals surface area contributed by atoms with Crippen molar-refractivity contribution in [2.45, 2.75) is 31.5 Å². The molecule has 5 nitrogen and oxygen atoms in total. The molecule has 1 aromatic rings. The fourth-order valence-corrected chi connectivity index (χ4v) is 1.67. The van der Waals surface area contributed by atoms with Crippen LogP contribution in [0.4, 0.5) is 19.0 Å². The molecule has 2 rings (SSSR count). The summed E-state index contributed by atoms with van der Waals surface area (Å²) in [6.45, 7) is 0.170. The molecule has 1 aliphatic rings. The molecule has 0 spiro atoms. The Morgan fingerprint density at radius 2 is 2.10 bits per heavy atom. The van der Waals surface area contributed by atoms with Crippen LogP contribution in [-0.4, -0.2) is 28.5 Å². The summed E-state index contributed by atoms with van der Waals surface area (Å²) in [6.07, 6.45) is -2.48. The van der Waals surface area contributed by atoms with Crippen LogP contribution in [0.1, 0.15) is 25.0 Å². The first-order valence-corrected chi connectivity index (χ1v) is 6.37. The molecule has 1 fully saturated rings. The van der Waals surface area contributed by atoms with Gasteiger partial charge in [0.1, 0.15) is 5.82 Å². The Kier molecular flexibility index (Phi) is 4.32. The zero-order chi connectivity index (χ0) is 14.8. The monoisotopic (exact) mass is 308 g/mol. The van der Waals surface area contributed by atoms with Crippen LogP contribution in [0.25, 0.3) is 0 Å². The molecule has 0 aliphatic heterocycles. The van der Waals surface area contributed by atoms with Crippen LogP contribution in [-0.2, 0) is 11.0 Å². The Labute approximate surface area is 117 Å². The minimum Gasteiger partial charge on any atom is -0.369 e. The van der Waals surface area contributed by atoms with Gasteiger partial charge in [-0.15, -0.1) is 0 Å². The van der Waals surface area contributed by atoms with Gasteiger partial charge in [0.2, 0.25) is 11.2 Å². The van der Waals surface area contributed by atoms with Crippen molar-refractivity contribution in [3.8, 4) is 0 Å². The van der Waals surface area contributed by atoms with E-state index in [1.54, 1.807) is 0 Å². The molecular weight excluding hydrogens is 297 g/mol. The van der Waals surface area contributed by atoms with Crippen LogP contribution in [0, 0.1) is 0 Å². The maximum atomic E-state index is 12.5. The van der Waals surface area contributed by atoms with Gasteiger partial charge in [0.05, 0.1) is 0 Å². The second-order valence-corrected chi connectivity index (χ2v) is 4.76. The Morgan fingerprint density at radius 1 is 1.40 bits per heavy atom. The Hall–Kier alpha value is -1.57. The summed E-state index contributed by atoms with van der Waals surface area (Å²) in [4.78, 5) is 18.1. The van der Waals surface area contributed by atoms with Gasteiger partial charge in [-0.1, -0.05) is 0 Å². The zero-order valence-corrected chi connectivity index (χ0v) is 11.1. The predicted molar refractivity (Wildman–Crippen MR) is 66.3 cm³/mol. The lowest BCUT2D eigenvalue weighted by Gasteiger charge is -2.09. The van der Waals surface area contributed by atoms with E-state index < -0.39 is 17.2 Å². The zero-order valence-electron chi connectivity index (χ0n) is 10.3. The van der Waals surface area contributed by atoms with E-state index in [-0.39, 0.29) is 30.7 Å². The molecule has 20 heavy (non-hydrogen) atoms. The normalized spacial score (nSPS) is 15.0. The van der Waals surface area contributed by atoms with Crippen molar-refractivity contribution in [2.24, 2.45) is 0 Å². The van der Waals surface area contributed by atoms with Crippen LogP contribution >= 0.6 is 11.6 Å². The molecule has 1 aromatic heterocycles. The fraction of sp³-hybridized carbons (Fsp3) is 0.545. The van der Waals surface area contributed by atoms with Crippen molar-refractivity contribution in [1.82, 2.24) is 15.3 Å². The quantitative estimate of drug-likeness (QED) is 0.819. The third-order valence-electron chi connectivity index (χ3n) is 2.59. The lowest BCUT2D eigenvalue weighted by Crippen LogP contribution is -2.27. The highest BCUT2D eigenvalue weighted by Gasteiger charge is 2.33. The SMILES string of the molecule is O=C(CCNc1cc(C(F)(F)F)nc(Cl)n1)NC1CC1. The maximum Gasteiger partial charge on any atom is 0.433 e. The molecule has 1 amide bonds. The third-order valence-corrected chi connectivity index (χ3v) is 2.76. The molecule has 1 saturated carbocycles. The second kappa shape index (κ2) is 5.82. The lowest BCUT2D eigenvalue weighted by atomic mass is 10.3. The molecule has 110 valence electrons. The summed E-state index contributed by atoms with van der Waals surface area (Å²) in [5.74, 6) is -0.201. The molecule has 0 radical (unpaired) electrons. The third kappa shape index (κ3) is 4.52. The van der Waals surface area contributed by atoms with Gasteiger partial charge in [0.15, 0.2) is 5.69 Å². The second-order valence-electron chi connectivity index (χ2n) is 4.42. The number of aromatic nitrogens is 2. The van der Waals surface area contributed by atoms with E-state index in [1.807, 2.05) is 0 Å². The van der Waals surface area contributed by atoms with Crippen LogP contribution in [0.5, 0.6) is 0 Å². The van der Waals surface area contributed by atoms with Gasteiger partial charge in [0, 0.05) is 25.1 Å². The molecule has 0 aromatic carbocycles. The van der Waals surface area contributed by atoms with E-state index >= 15 is 0 Å². The summed E-state index contributed by atoms with van der Waals surface area (Å²) in [6, 6.07) is 1.01. The van der Waals surface area contributed by atoms with Crippen molar-refractivity contribution >= 4 is 23.3 Å². The number of alkyl halides is 3. The van der Waals surface area contributed by atoms with Crippen LogP contribution in [0.3, 0.4) is 0 Å². The number of carbonyl (C=O) groups is 1.